The second kappa shape index (κ2) is 7.64. The van der Waals surface area contributed by atoms with Crippen LogP contribution >= 0.6 is 0 Å². The number of amides is 2. The van der Waals surface area contributed by atoms with Crippen LogP contribution in [0.3, 0.4) is 0 Å². The zero-order chi connectivity index (χ0) is 16.8. The molecule has 2 amide bonds. The van der Waals surface area contributed by atoms with Gasteiger partial charge in [-0.05, 0) is 34.6 Å². The lowest BCUT2D eigenvalue weighted by molar-refractivity contribution is -0.142. The van der Waals surface area contributed by atoms with Crippen molar-refractivity contribution in [2.45, 2.75) is 52.1 Å². The van der Waals surface area contributed by atoms with Gasteiger partial charge in [0.25, 0.3) is 0 Å². The zero-order valence-corrected chi connectivity index (χ0v) is 13.9. The highest BCUT2D eigenvalue weighted by atomic mass is 16.7. The van der Waals surface area contributed by atoms with E-state index in [4.69, 9.17) is 18.9 Å². The average molecular weight is 318 g/mol. The van der Waals surface area contributed by atoms with Gasteiger partial charge in [-0.3, -0.25) is 0 Å². The van der Waals surface area contributed by atoms with Crippen LogP contribution in [0.2, 0.25) is 0 Å². The molecule has 0 aromatic carbocycles. The fourth-order valence-corrected chi connectivity index (χ4v) is 1.71. The molecule has 0 aromatic heterocycles. The molecule has 1 rings (SSSR count). The molecule has 0 spiro atoms. The molecule has 2 N–H and O–H groups in total. The standard InChI is InChI=1S/C14H26N2O6/c1-13(2,3)22-12(18)16-7-6-15-11(17)19-8-10-9-20-14(4,5)21-10/h10H,6-9H2,1-5H3,(H,15,17)(H,16,18)/t10-/m0/s1. The minimum Gasteiger partial charge on any atom is -0.447 e. The third-order valence-corrected chi connectivity index (χ3v) is 2.53. The Labute approximate surface area is 130 Å². The number of hydrogen-bond acceptors (Lipinski definition) is 6. The Hall–Kier alpha value is -1.54. The van der Waals surface area contributed by atoms with Crippen molar-refractivity contribution in [2.75, 3.05) is 26.3 Å². The van der Waals surface area contributed by atoms with E-state index in [0.717, 1.165) is 0 Å². The first kappa shape index (κ1) is 18.5. The number of rotatable bonds is 5. The van der Waals surface area contributed by atoms with Crippen molar-refractivity contribution in [3.05, 3.63) is 0 Å². The molecule has 22 heavy (non-hydrogen) atoms. The summed E-state index contributed by atoms with van der Waals surface area (Å²) in [7, 11) is 0. The first-order valence-corrected chi connectivity index (χ1v) is 7.27. The summed E-state index contributed by atoms with van der Waals surface area (Å²) < 4.78 is 20.9. The topological polar surface area (TPSA) is 95.1 Å². The van der Waals surface area contributed by atoms with Crippen molar-refractivity contribution in [1.29, 1.82) is 0 Å². The van der Waals surface area contributed by atoms with Gasteiger partial charge in [0.15, 0.2) is 5.79 Å². The van der Waals surface area contributed by atoms with E-state index in [1.54, 1.807) is 34.6 Å². The summed E-state index contributed by atoms with van der Waals surface area (Å²) >= 11 is 0. The first-order valence-electron chi connectivity index (χ1n) is 7.27. The van der Waals surface area contributed by atoms with Gasteiger partial charge in [0.1, 0.15) is 18.3 Å². The van der Waals surface area contributed by atoms with Crippen LogP contribution in [0, 0.1) is 0 Å². The molecule has 0 saturated carbocycles. The van der Waals surface area contributed by atoms with E-state index in [-0.39, 0.29) is 25.8 Å². The predicted molar refractivity (Wildman–Crippen MR) is 78.5 cm³/mol. The minimum atomic E-state index is -0.637. The Morgan fingerprint density at radius 1 is 1.18 bits per heavy atom. The zero-order valence-electron chi connectivity index (χ0n) is 13.9. The molecule has 0 aromatic rings. The fourth-order valence-electron chi connectivity index (χ4n) is 1.71. The molecule has 1 aliphatic rings. The molecule has 8 heteroatoms. The van der Waals surface area contributed by atoms with Crippen molar-refractivity contribution < 1.29 is 28.5 Å². The van der Waals surface area contributed by atoms with E-state index < -0.39 is 23.6 Å². The first-order chi connectivity index (χ1) is 10.1. The number of alkyl carbamates (subject to hydrolysis) is 2. The van der Waals surface area contributed by atoms with Gasteiger partial charge < -0.3 is 29.6 Å². The second-order valence-corrected chi connectivity index (χ2v) is 6.40. The Bertz CT molecular complexity index is 391. The monoisotopic (exact) mass is 318 g/mol. The van der Waals surface area contributed by atoms with Gasteiger partial charge in [-0.25, -0.2) is 9.59 Å². The Morgan fingerprint density at radius 2 is 1.77 bits per heavy atom. The SMILES string of the molecule is CC(C)(C)OC(=O)NCCNC(=O)OC[C@H]1COC(C)(C)O1. The highest BCUT2D eigenvalue weighted by molar-refractivity contribution is 5.68. The molecule has 128 valence electrons. The van der Waals surface area contributed by atoms with Gasteiger partial charge >= 0.3 is 12.2 Å². The van der Waals surface area contributed by atoms with Crippen LogP contribution in [-0.4, -0.2) is 56.0 Å². The smallest absolute Gasteiger partial charge is 0.407 e. The van der Waals surface area contributed by atoms with Crippen molar-refractivity contribution in [3.8, 4) is 0 Å². The lowest BCUT2D eigenvalue weighted by Crippen LogP contribution is -2.38. The lowest BCUT2D eigenvalue weighted by Gasteiger charge is -2.19. The highest BCUT2D eigenvalue weighted by Gasteiger charge is 2.33. The number of carbonyl (C=O) groups excluding carboxylic acids is 2. The summed E-state index contributed by atoms with van der Waals surface area (Å²) in [5.41, 5.74) is -0.548. The Morgan fingerprint density at radius 3 is 2.27 bits per heavy atom. The van der Waals surface area contributed by atoms with Gasteiger partial charge in [-0.1, -0.05) is 0 Å². The molecular weight excluding hydrogens is 292 g/mol. The maximum Gasteiger partial charge on any atom is 0.407 e. The maximum atomic E-state index is 11.5. The van der Waals surface area contributed by atoms with E-state index in [2.05, 4.69) is 10.6 Å². The van der Waals surface area contributed by atoms with Gasteiger partial charge in [0, 0.05) is 13.1 Å². The summed E-state index contributed by atoms with van der Waals surface area (Å²) in [6.07, 6.45) is -1.36. The quantitative estimate of drug-likeness (QED) is 0.744. The van der Waals surface area contributed by atoms with Gasteiger partial charge in [0.05, 0.1) is 6.61 Å². The summed E-state index contributed by atoms with van der Waals surface area (Å²) in [5, 5.41) is 5.04. The second-order valence-electron chi connectivity index (χ2n) is 6.40. The number of hydrogen-bond donors (Lipinski definition) is 2. The molecule has 0 bridgehead atoms. The predicted octanol–water partition coefficient (Wildman–Crippen LogP) is 1.39. The van der Waals surface area contributed by atoms with Gasteiger partial charge in [-0.15, -0.1) is 0 Å². The minimum absolute atomic E-state index is 0.120. The van der Waals surface area contributed by atoms with Gasteiger partial charge in [-0.2, -0.15) is 0 Å². The molecule has 1 atom stereocenters. The van der Waals surface area contributed by atoms with Crippen LogP contribution in [0.25, 0.3) is 0 Å². The molecule has 1 saturated heterocycles. The third-order valence-electron chi connectivity index (χ3n) is 2.53. The average Bonchev–Trinajstić information content (AvgIpc) is 2.70. The summed E-state index contributed by atoms with van der Waals surface area (Å²) in [6, 6.07) is 0. The van der Waals surface area contributed by atoms with Crippen molar-refractivity contribution in [2.24, 2.45) is 0 Å². The number of nitrogens with one attached hydrogen (secondary N) is 2. The largest absolute Gasteiger partial charge is 0.447 e. The lowest BCUT2D eigenvalue weighted by atomic mass is 10.2. The van der Waals surface area contributed by atoms with Crippen molar-refractivity contribution in [1.82, 2.24) is 10.6 Å². The van der Waals surface area contributed by atoms with E-state index in [1.165, 1.54) is 0 Å². The summed E-state index contributed by atoms with van der Waals surface area (Å²) in [5.74, 6) is -0.637. The van der Waals surface area contributed by atoms with Crippen LogP contribution in [0.4, 0.5) is 9.59 Å². The van der Waals surface area contributed by atoms with Crippen LogP contribution in [0.15, 0.2) is 0 Å². The van der Waals surface area contributed by atoms with E-state index in [9.17, 15) is 9.59 Å². The van der Waals surface area contributed by atoms with Crippen LogP contribution in [-0.2, 0) is 18.9 Å². The molecule has 8 nitrogen and oxygen atoms in total. The van der Waals surface area contributed by atoms with Crippen LogP contribution in [0.1, 0.15) is 34.6 Å². The Kier molecular flexibility index (Phi) is 6.43. The number of ether oxygens (including phenoxy) is 4. The molecule has 0 unspecified atom stereocenters. The van der Waals surface area contributed by atoms with Crippen LogP contribution < -0.4 is 10.6 Å². The van der Waals surface area contributed by atoms with Gasteiger partial charge in [0.2, 0.25) is 0 Å². The van der Waals surface area contributed by atoms with E-state index in [1.807, 2.05) is 0 Å². The summed E-state index contributed by atoms with van der Waals surface area (Å²) in [6.45, 7) is 9.93. The third kappa shape index (κ3) is 8.04. The Balaban J connectivity index is 2.06. The van der Waals surface area contributed by atoms with E-state index in [0.29, 0.717) is 6.61 Å². The molecule has 0 aliphatic carbocycles. The van der Waals surface area contributed by atoms with Crippen molar-refractivity contribution in [3.63, 3.8) is 0 Å². The van der Waals surface area contributed by atoms with Crippen molar-refractivity contribution >= 4 is 12.2 Å². The van der Waals surface area contributed by atoms with Crippen LogP contribution in [0.5, 0.6) is 0 Å². The molecule has 0 radical (unpaired) electrons. The molecular formula is C14H26N2O6. The molecule has 1 aliphatic heterocycles. The highest BCUT2D eigenvalue weighted by Crippen LogP contribution is 2.22. The summed E-state index contributed by atoms with van der Waals surface area (Å²) in [4.78, 5) is 22.8. The molecule has 1 fully saturated rings. The fraction of sp³-hybridized carbons (Fsp3) is 0.857. The normalized spacial score (nSPS) is 20.3. The number of carbonyl (C=O) groups is 2. The molecule has 1 heterocycles. The van der Waals surface area contributed by atoms with E-state index >= 15 is 0 Å². The maximum absolute atomic E-state index is 11.5.